The summed E-state index contributed by atoms with van der Waals surface area (Å²) < 4.78 is 0. The van der Waals surface area contributed by atoms with Gasteiger partial charge in [-0.2, -0.15) is 0 Å². The number of hydrogen-bond acceptors (Lipinski definition) is 3. The van der Waals surface area contributed by atoms with Crippen LogP contribution >= 0.6 is 0 Å². The predicted molar refractivity (Wildman–Crippen MR) is 66.2 cm³/mol. The molecule has 0 bridgehead atoms. The molecule has 0 heterocycles. The van der Waals surface area contributed by atoms with Crippen molar-refractivity contribution in [2.75, 3.05) is 0 Å². The van der Waals surface area contributed by atoms with Gasteiger partial charge in [0.15, 0.2) is 0 Å². The van der Waals surface area contributed by atoms with Crippen molar-refractivity contribution in [3.63, 3.8) is 0 Å². The summed E-state index contributed by atoms with van der Waals surface area (Å²) in [6, 6.07) is 2.54. The van der Waals surface area contributed by atoms with Crippen molar-refractivity contribution >= 4 is 5.97 Å². The van der Waals surface area contributed by atoms with Crippen molar-refractivity contribution in [2.45, 2.75) is 25.8 Å². The number of aromatic hydroxyl groups is 1. The zero-order chi connectivity index (χ0) is 13.0. The first-order valence-corrected chi connectivity index (χ1v) is 5.41. The van der Waals surface area contributed by atoms with E-state index >= 15 is 0 Å². The first kappa shape index (κ1) is 13.3. The van der Waals surface area contributed by atoms with Crippen LogP contribution in [-0.2, 0) is 0 Å². The highest BCUT2D eigenvalue weighted by Crippen LogP contribution is 2.32. The number of rotatable bonds is 5. The third-order valence-corrected chi connectivity index (χ3v) is 2.70. The number of phenolic OH excluding ortho intramolecular Hbond substituents is 1. The summed E-state index contributed by atoms with van der Waals surface area (Å²) in [6.07, 6.45) is 2.95. The second-order valence-electron chi connectivity index (χ2n) is 3.97. The van der Waals surface area contributed by atoms with Crippen molar-refractivity contribution in [3.05, 3.63) is 41.5 Å². The normalized spacial score (nSPS) is 12.1. The van der Waals surface area contributed by atoms with Crippen LogP contribution in [0.15, 0.2) is 24.8 Å². The largest absolute Gasteiger partial charge is 0.507 e. The maximum absolute atomic E-state index is 11.1. The van der Waals surface area contributed by atoms with E-state index in [1.54, 1.807) is 19.1 Å². The average molecular weight is 235 g/mol. The Morgan fingerprint density at radius 3 is 2.76 bits per heavy atom. The molecule has 4 N–H and O–H groups in total. The Balaban J connectivity index is 3.22. The van der Waals surface area contributed by atoms with Gasteiger partial charge in [-0.15, -0.1) is 6.58 Å². The molecule has 0 aromatic heterocycles. The van der Waals surface area contributed by atoms with E-state index in [4.69, 9.17) is 10.8 Å². The molecule has 1 atom stereocenters. The van der Waals surface area contributed by atoms with Crippen LogP contribution in [0, 0.1) is 6.92 Å². The summed E-state index contributed by atoms with van der Waals surface area (Å²) in [4.78, 5) is 11.1. The standard InChI is InChI=1S/C13H17NO3/c1-3-4-5-10(14)11-9(13(16)17)7-6-8(2)12(11)15/h3,6-7,10,15H,1,4-5,14H2,2H3,(H,16,17)/t10-/m1/s1. The van der Waals surface area contributed by atoms with Gasteiger partial charge in [-0.05, 0) is 31.4 Å². The lowest BCUT2D eigenvalue weighted by atomic mass is 9.94. The molecule has 92 valence electrons. The van der Waals surface area contributed by atoms with Crippen LogP contribution in [0.3, 0.4) is 0 Å². The topological polar surface area (TPSA) is 83.6 Å². The van der Waals surface area contributed by atoms with Crippen LogP contribution in [-0.4, -0.2) is 16.2 Å². The second-order valence-corrected chi connectivity index (χ2v) is 3.97. The lowest BCUT2D eigenvalue weighted by Crippen LogP contribution is -2.15. The molecule has 1 aromatic rings. The predicted octanol–water partition coefficient (Wildman–Crippen LogP) is 2.36. The fourth-order valence-electron chi connectivity index (χ4n) is 1.72. The Hall–Kier alpha value is -1.81. The fourth-order valence-corrected chi connectivity index (χ4v) is 1.72. The number of carbonyl (C=O) groups is 1. The maximum atomic E-state index is 11.1. The van der Waals surface area contributed by atoms with E-state index in [0.29, 0.717) is 24.0 Å². The molecule has 4 heteroatoms. The summed E-state index contributed by atoms with van der Waals surface area (Å²) >= 11 is 0. The molecule has 0 spiro atoms. The van der Waals surface area contributed by atoms with Gasteiger partial charge >= 0.3 is 5.97 Å². The molecule has 0 saturated heterocycles. The Kier molecular flexibility index (Phi) is 4.29. The second kappa shape index (κ2) is 5.50. The lowest BCUT2D eigenvalue weighted by Gasteiger charge is -2.17. The smallest absolute Gasteiger partial charge is 0.336 e. The van der Waals surface area contributed by atoms with Crippen molar-refractivity contribution in [1.82, 2.24) is 0 Å². The zero-order valence-electron chi connectivity index (χ0n) is 9.81. The summed E-state index contributed by atoms with van der Waals surface area (Å²) in [5.74, 6) is -1.11. The zero-order valence-corrected chi connectivity index (χ0v) is 9.81. The summed E-state index contributed by atoms with van der Waals surface area (Å²) in [7, 11) is 0. The van der Waals surface area contributed by atoms with Crippen molar-refractivity contribution < 1.29 is 15.0 Å². The van der Waals surface area contributed by atoms with Crippen LogP contribution in [0.5, 0.6) is 5.75 Å². The fraction of sp³-hybridized carbons (Fsp3) is 0.308. The number of allylic oxidation sites excluding steroid dienone is 1. The molecule has 0 amide bonds. The van der Waals surface area contributed by atoms with Gasteiger partial charge < -0.3 is 15.9 Å². The lowest BCUT2D eigenvalue weighted by molar-refractivity contribution is 0.0694. The molecule has 0 aliphatic rings. The summed E-state index contributed by atoms with van der Waals surface area (Å²) in [5.41, 5.74) is 6.91. The number of aryl methyl sites for hydroxylation is 1. The van der Waals surface area contributed by atoms with Crippen molar-refractivity contribution in [2.24, 2.45) is 5.73 Å². The van der Waals surface area contributed by atoms with Gasteiger partial charge in [-0.1, -0.05) is 12.1 Å². The third-order valence-electron chi connectivity index (χ3n) is 2.70. The monoisotopic (exact) mass is 235 g/mol. The Bertz CT molecular complexity index is 441. The number of carboxylic acid groups (broad SMARTS) is 1. The maximum Gasteiger partial charge on any atom is 0.336 e. The van der Waals surface area contributed by atoms with E-state index in [0.717, 1.165) is 0 Å². The van der Waals surface area contributed by atoms with Crippen molar-refractivity contribution in [1.29, 1.82) is 0 Å². The third kappa shape index (κ3) is 2.85. The van der Waals surface area contributed by atoms with Gasteiger partial charge in [0.05, 0.1) is 5.56 Å². The Morgan fingerprint density at radius 1 is 1.59 bits per heavy atom. The molecular formula is C13H17NO3. The molecule has 0 unspecified atom stereocenters. The van der Waals surface area contributed by atoms with Crippen LogP contribution in [0.4, 0.5) is 0 Å². The number of carboxylic acids is 1. The molecule has 0 aliphatic heterocycles. The minimum Gasteiger partial charge on any atom is -0.507 e. The van der Waals surface area contributed by atoms with Crippen LogP contribution < -0.4 is 5.73 Å². The molecular weight excluding hydrogens is 218 g/mol. The summed E-state index contributed by atoms with van der Waals surface area (Å²) in [5, 5.41) is 19.0. The molecule has 0 fully saturated rings. The highest BCUT2D eigenvalue weighted by atomic mass is 16.4. The van der Waals surface area contributed by atoms with Gasteiger partial charge in [0, 0.05) is 11.6 Å². The van der Waals surface area contributed by atoms with Gasteiger partial charge in [0.2, 0.25) is 0 Å². The highest BCUT2D eigenvalue weighted by Gasteiger charge is 2.20. The molecule has 0 radical (unpaired) electrons. The molecule has 1 aromatic carbocycles. The van der Waals surface area contributed by atoms with Crippen LogP contribution in [0.2, 0.25) is 0 Å². The van der Waals surface area contributed by atoms with E-state index in [9.17, 15) is 9.90 Å². The number of benzene rings is 1. The molecule has 0 aliphatic carbocycles. The number of phenols is 1. The van der Waals surface area contributed by atoms with E-state index in [-0.39, 0.29) is 11.3 Å². The molecule has 17 heavy (non-hydrogen) atoms. The minimum absolute atomic E-state index is 0.0264. The van der Waals surface area contributed by atoms with E-state index in [2.05, 4.69) is 6.58 Å². The van der Waals surface area contributed by atoms with Gasteiger partial charge in [0.25, 0.3) is 0 Å². The number of nitrogens with two attached hydrogens (primary N) is 1. The van der Waals surface area contributed by atoms with E-state index < -0.39 is 12.0 Å². The van der Waals surface area contributed by atoms with Gasteiger partial charge in [-0.25, -0.2) is 4.79 Å². The first-order valence-electron chi connectivity index (χ1n) is 5.41. The van der Waals surface area contributed by atoms with Crippen LogP contribution in [0.1, 0.15) is 40.4 Å². The minimum atomic E-state index is -1.08. The molecule has 1 rings (SSSR count). The Morgan fingerprint density at radius 2 is 2.24 bits per heavy atom. The molecule has 0 saturated carbocycles. The van der Waals surface area contributed by atoms with Gasteiger partial charge in [0.1, 0.15) is 5.75 Å². The SMILES string of the molecule is C=CCC[C@@H](N)c1c(C(=O)O)ccc(C)c1O. The quantitative estimate of drug-likeness (QED) is 0.684. The van der Waals surface area contributed by atoms with E-state index in [1.807, 2.05) is 0 Å². The molecule has 4 nitrogen and oxygen atoms in total. The summed E-state index contributed by atoms with van der Waals surface area (Å²) in [6.45, 7) is 5.30. The van der Waals surface area contributed by atoms with Gasteiger partial charge in [-0.3, -0.25) is 0 Å². The van der Waals surface area contributed by atoms with E-state index in [1.165, 1.54) is 6.07 Å². The van der Waals surface area contributed by atoms with Crippen molar-refractivity contribution in [3.8, 4) is 5.75 Å². The highest BCUT2D eigenvalue weighted by molar-refractivity contribution is 5.90. The Labute approximate surface area is 100 Å². The number of aromatic carboxylic acids is 1. The average Bonchev–Trinajstić information content (AvgIpc) is 2.28. The first-order chi connectivity index (χ1) is 7.99. The van der Waals surface area contributed by atoms with Crippen LogP contribution in [0.25, 0.3) is 0 Å². The number of hydrogen-bond donors (Lipinski definition) is 3.